The molecular formula is C8H15N2O2P. The van der Waals surface area contributed by atoms with Crippen molar-refractivity contribution >= 4 is 22.1 Å². The van der Waals surface area contributed by atoms with Crippen LogP contribution in [-0.4, -0.2) is 25.2 Å². The molecule has 0 saturated carbocycles. The van der Waals surface area contributed by atoms with Gasteiger partial charge in [0.05, 0.1) is 13.1 Å². The summed E-state index contributed by atoms with van der Waals surface area (Å²) in [5, 5.41) is 0. The van der Waals surface area contributed by atoms with Gasteiger partial charge in [-0.1, -0.05) is 12.8 Å². The summed E-state index contributed by atoms with van der Waals surface area (Å²) < 4.78 is 0. The van der Waals surface area contributed by atoms with Gasteiger partial charge in [0.2, 0.25) is 12.2 Å². The number of rotatable bonds is 7. The maximum atomic E-state index is 9.63. The maximum absolute atomic E-state index is 9.63. The van der Waals surface area contributed by atoms with Crippen molar-refractivity contribution in [2.75, 3.05) is 13.1 Å². The average molecular weight is 202 g/mol. The van der Waals surface area contributed by atoms with E-state index in [4.69, 9.17) is 0 Å². The molecule has 0 aliphatic heterocycles. The van der Waals surface area contributed by atoms with E-state index in [2.05, 4.69) is 9.98 Å². The SMILES string of the molecule is O=C=NCCCCCCN=C=O.P. The Labute approximate surface area is 81.2 Å². The van der Waals surface area contributed by atoms with E-state index in [0.717, 1.165) is 25.7 Å². The van der Waals surface area contributed by atoms with Gasteiger partial charge in [0.25, 0.3) is 0 Å². The van der Waals surface area contributed by atoms with Gasteiger partial charge in [-0.05, 0) is 12.8 Å². The van der Waals surface area contributed by atoms with E-state index in [1.807, 2.05) is 0 Å². The van der Waals surface area contributed by atoms with Crippen LogP contribution in [0.25, 0.3) is 0 Å². The van der Waals surface area contributed by atoms with Crippen molar-refractivity contribution < 1.29 is 9.59 Å². The Morgan fingerprint density at radius 1 is 0.769 bits per heavy atom. The molecule has 13 heavy (non-hydrogen) atoms. The van der Waals surface area contributed by atoms with Crippen molar-refractivity contribution in [2.45, 2.75) is 25.7 Å². The predicted octanol–water partition coefficient (Wildman–Crippen LogP) is 1.28. The Morgan fingerprint density at radius 2 is 1.15 bits per heavy atom. The molecule has 0 aliphatic rings. The van der Waals surface area contributed by atoms with Gasteiger partial charge in [-0.3, -0.25) is 0 Å². The smallest absolute Gasteiger partial charge is 0.211 e. The molecule has 0 spiro atoms. The number of hydrogen-bond donors (Lipinski definition) is 0. The third kappa shape index (κ3) is 14.1. The monoisotopic (exact) mass is 202 g/mol. The topological polar surface area (TPSA) is 58.9 Å². The molecule has 74 valence electrons. The predicted molar refractivity (Wildman–Crippen MR) is 55.6 cm³/mol. The summed E-state index contributed by atoms with van der Waals surface area (Å²) in [6.07, 6.45) is 6.80. The molecule has 0 aliphatic carbocycles. The lowest BCUT2D eigenvalue weighted by molar-refractivity contribution is 0.558. The second-order valence-electron chi connectivity index (χ2n) is 2.36. The molecule has 0 aromatic carbocycles. The molecule has 5 heteroatoms. The minimum atomic E-state index is 0. The summed E-state index contributed by atoms with van der Waals surface area (Å²) in [6.45, 7) is 1.11. The van der Waals surface area contributed by atoms with Gasteiger partial charge in [0, 0.05) is 0 Å². The third-order valence-corrected chi connectivity index (χ3v) is 1.42. The number of isocyanates is 2. The molecule has 0 saturated heterocycles. The van der Waals surface area contributed by atoms with Gasteiger partial charge >= 0.3 is 0 Å². The van der Waals surface area contributed by atoms with Crippen molar-refractivity contribution in [3.05, 3.63) is 0 Å². The van der Waals surface area contributed by atoms with Crippen LogP contribution in [0.5, 0.6) is 0 Å². The van der Waals surface area contributed by atoms with Gasteiger partial charge in [0.15, 0.2) is 0 Å². The molecule has 0 fully saturated rings. The van der Waals surface area contributed by atoms with E-state index in [9.17, 15) is 9.59 Å². The van der Waals surface area contributed by atoms with Gasteiger partial charge in [0.1, 0.15) is 0 Å². The summed E-state index contributed by atoms with van der Waals surface area (Å²) in [6, 6.07) is 0. The quantitative estimate of drug-likeness (QED) is 0.270. The van der Waals surface area contributed by atoms with Crippen LogP contribution in [0.2, 0.25) is 0 Å². The zero-order valence-corrected chi connectivity index (χ0v) is 9.07. The van der Waals surface area contributed by atoms with Crippen molar-refractivity contribution in [2.24, 2.45) is 9.98 Å². The first-order valence-electron chi connectivity index (χ1n) is 3.99. The summed E-state index contributed by atoms with van der Waals surface area (Å²) in [5.74, 6) is 0. The van der Waals surface area contributed by atoms with E-state index >= 15 is 0 Å². The third-order valence-electron chi connectivity index (χ3n) is 1.42. The normalized spacial score (nSPS) is 7.69. The molecule has 1 atom stereocenters. The first-order chi connectivity index (χ1) is 5.91. The molecule has 0 radical (unpaired) electrons. The Bertz CT molecular complexity index is 174. The molecule has 0 aromatic heterocycles. The van der Waals surface area contributed by atoms with Crippen LogP contribution in [0.4, 0.5) is 0 Å². The highest BCUT2D eigenvalue weighted by molar-refractivity contribution is 6.92. The van der Waals surface area contributed by atoms with Crippen LogP contribution in [0.1, 0.15) is 25.7 Å². The van der Waals surface area contributed by atoms with Crippen molar-refractivity contribution in [1.82, 2.24) is 0 Å². The first-order valence-corrected chi connectivity index (χ1v) is 3.99. The number of aliphatic imine (C=N–C) groups is 2. The zero-order chi connectivity index (χ0) is 9.07. The molecule has 0 N–H and O–H groups in total. The van der Waals surface area contributed by atoms with E-state index in [1.54, 1.807) is 0 Å². The molecule has 0 bridgehead atoms. The molecule has 0 amide bonds. The number of unbranched alkanes of at least 4 members (excludes halogenated alkanes) is 3. The Balaban J connectivity index is 0. The fourth-order valence-corrected chi connectivity index (χ4v) is 0.827. The Morgan fingerprint density at radius 3 is 1.46 bits per heavy atom. The lowest BCUT2D eigenvalue weighted by atomic mass is 10.2. The summed E-state index contributed by atoms with van der Waals surface area (Å²) >= 11 is 0. The largest absolute Gasteiger partial charge is 0.234 e. The van der Waals surface area contributed by atoms with Gasteiger partial charge < -0.3 is 0 Å². The minimum Gasteiger partial charge on any atom is -0.211 e. The second-order valence-corrected chi connectivity index (χ2v) is 2.36. The fourth-order valence-electron chi connectivity index (χ4n) is 0.827. The number of carbonyl (C=O) groups excluding carboxylic acids is 2. The average Bonchev–Trinajstić information content (AvgIpc) is 2.10. The van der Waals surface area contributed by atoms with Crippen molar-refractivity contribution in [3.63, 3.8) is 0 Å². The van der Waals surface area contributed by atoms with Crippen LogP contribution >= 0.6 is 9.90 Å². The van der Waals surface area contributed by atoms with Crippen LogP contribution in [0.3, 0.4) is 0 Å². The van der Waals surface area contributed by atoms with Gasteiger partial charge in [-0.15, -0.1) is 0 Å². The second kappa shape index (κ2) is 13.8. The minimum absolute atomic E-state index is 0. The molecule has 1 unspecified atom stereocenters. The molecule has 0 rings (SSSR count). The number of hydrogen-bond acceptors (Lipinski definition) is 4. The van der Waals surface area contributed by atoms with Crippen LogP contribution in [-0.2, 0) is 9.59 Å². The van der Waals surface area contributed by atoms with E-state index in [-0.39, 0.29) is 9.90 Å². The maximum Gasteiger partial charge on any atom is 0.234 e. The van der Waals surface area contributed by atoms with E-state index in [1.165, 1.54) is 12.2 Å². The van der Waals surface area contributed by atoms with Crippen molar-refractivity contribution in [3.8, 4) is 0 Å². The van der Waals surface area contributed by atoms with Crippen LogP contribution in [0.15, 0.2) is 9.98 Å². The van der Waals surface area contributed by atoms with Crippen molar-refractivity contribution in [1.29, 1.82) is 0 Å². The fraction of sp³-hybridized carbons (Fsp3) is 0.750. The highest BCUT2D eigenvalue weighted by Gasteiger charge is 1.87. The summed E-state index contributed by atoms with van der Waals surface area (Å²) in [5.41, 5.74) is 0. The lowest BCUT2D eigenvalue weighted by Gasteiger charge is -1.93. The van der Waals surface area contributed by atoms with Crippen LogP contribution < -0.4 is 0 Å². The van der Waals surface area contributed by atoms with E-state index in [0.29, 0.717) is 13.1 Å². The summed E-state index contributed by atoms with van der Waals surface area (Å²) in [4.78, 5) is 26.1. The highest BCUT2D eigenvalue weighted by Crippen LogP contribution is 1.99. The Kier molecular flexibility index (Phi) is 15.6. The van der Waals surface area contributed by atoms with Gasteiger partial charge in [-0.2, -0.15) is 9.90 Å². The standard InChI is InChI=1S/C8H12N2O2.H3P/c11-7-9-5-3-1-2-4-6-10-8-12;/h1-6H2;1H3. The van der Waals surface area contributed by atoms with E-state index < -0.39 is 0 Å². The lowest BCUT2D eigenvalue weighted by Crippen LogP contribution is -1.84. The molecule has 0 aromatic rings. The Hall–Kier alpha value is -0.810. The first kappa shape index (κ1) is 14.7. The molecular weight excluding hydrogens is 187 g/mol. The number of nitrogens with zero attached hydrogens (tertiary/aromatic N) is 2. The molecule has 4 nitrogen and oxygen atoms in total. The zero-order valence-electron chi connectivity index (χ0n) is 7.66. The highest BCUT2D eigenvalue weighted by atomic mass is 31.0. The molecule has 0 heterocycles. The van der Waals surface area contributed by atoms with Crippen LogP contribution in [0, 0.1) is 0 Å². The van der Waals surface area contributed by atoms with Gasteiger partial charge in [-0.25, -0.2) is 19.6 Å². The summed E-state index contributed by atoms with van der Waals surface area (Å²) in [7, 11) is 0.